The third kappa shape index (κ3) is 7.02. The van der Waals surface area contributed by atoms with Gasteiger partial charge in [-0.25, -0.2) is 9.59 Å². The number of urea groups is 1. The molecule has 4 rings (SSSR count). The fourth-order valence-corrected chi connectivity index (χ4v) is 4.50. The van der Waals surface area contributed by atoms with Crippen molar-refractivity contribution in [2.24, 2.45) is 5.10 Å². The minimum atomic E-state index is -1.10. The molecule has 2 atom stereocenters. The van der Waals surface area contributed by atoms with Crippen molar-refractivity contribution in [2.45, 2.75) is 45.4 Å². The molecule has 0 saturated carbocycles. The SMILES string of the molecule is CCOc1cc([C@H]2NC(=O)NC(C)=C2C(=O)OC)ccc1OC[C@@H](O)N/N=C\c1ccc(N2CCCCC2)o1. The molecule has 2 aliphatic rings. The van der Waals surface area contributed by atoms with Gasteiger partial charge >= 0.3 is 12.0 Å². The van der Waals surface area contributed by atoms with E-state index in [-0.39, 0.29) is 12.2 Å². The summed E-state index contributed by atoms with van der Waals surface area (Å²) in [6, 6.07) is 7.62. The lowest BCUT2D eigenvalue weighted by Gasteiger charge is -2.28. The van der Waals surface area contributed by atoms with E-state index in [0.717, 1.165) is 31.8 Å². The number of aliphatic hydroxyl groups excluding tert-OH is 1. The van der Waals surface area contributed by atoms with Crippen LogP contribution < -0.4 is 30.4 Å². The number of hydrogen-bond acceptors (Lipinski definition) is 10. The standard InChI is InChI=1S/C27H35N5O7/c1-4-37-21-14-18(25-24(26(34)36-3)17(2)29-27(35)30-25)8-10-20(21)38-16-22(33)31-28-15-19-9-11-23(39-19)32-12-6-5-7-13-32/h8-11,14-15,22,25,31,33H,4-7,12-13,16H2,1-3H3,(H2,29,30,35)/b28-15-/t22-,25-/m1/s1. The van der Waals surface area contributed by atoms with Crippen molar-refractivity contribution in [2.75, 3.05) is 38.3 Å². The van der Waals surface area contributed by atoms with Crippen molar-refractivity contribution in [1.82, 2.24) is 16.1 Å². The van der Waals surface area contributed by atoms with Crippen LogP contribution in [0.15, 0.2) is 51.1 Å². The van der Waals surface area contributed by atoms with Gasteiger partial charge in [-0.15, -0.1) is 0 Å². The molecule has 2 aromatic rings. The van der Waals surface area contributed by atoms with E-state index >= 15 is 0 Å². The maximum Gasteiger partial charge on any atom is 0.337 e. The van der Waals surface area contributed by atoms with Crippen LogP contribution in [0.25, 0.3) is 0 Å². The van der Waals surface area contributed by atoms with Crippen molar-refractivity contribution in [1.29, 1.82) is 0 Å². The van der Waals surface area contributed by atoms with Gasteiger partial charge in [0, 0.05) is 24.9 Å². The van der Waals surface area contributed by atoms with Crippen LogP contribution in [-0.4, -0.2) is 63.0 Å². The number of furan rings is 1. The van der Waals surface area contributed by atoms with Crippen molar-refractivity contribution in [3.8, 4) is 11.5 Å². The molecule has 2 amide bonds. The summed E-state index contributed by atoms with van der Waals surface area (Å²) in [5.41, 5.74) is 3.90. The minimum Gasteiger partial charge on any atom is -0.490 e. The van der Waals surface area contributed by atoms with Crippen LogP contribution in [0.2, 0.25) is 0 Å². The number of amides is 2. The van der Waals surface area contributed by atoms with Gasteiger partial charge in [-0.3, -0.25) is 5.43 Å². The Hall–Kier alpha value is -4.19. The molecule has 0 radical (unpaired) electrons. The van der Waals surface area contributed by atoms with E-state index in [1.807, 2.05) is 19.1 Å². The van der Waals surface area contributed by atoms with E-state index in [2.05, 4.69) is 26.1 Å². The number of nitrogens with one attached hydrogen (secondary N) is 3. The number of nitrogens with zero attached hydrogens (tertiary/aromatic N) is 2. The lowest BCUT2D eigenvalue weighted by Crippen LogP contribution is -2.45. The molecule has 12 heteroatoms. The first-order chi connectivity index (χ1) is 18.9. The number of hydrogen-bond donors (Lipinski definition) is 4. The van der Waals surface area contributed by atoms with Crippen LogP contribution >= 0.6 is 0 Å². The average molecular weight is 542 g/mol. The Bertz CT molecular complexity index is 1220. The summed E-state index contributed by atoms with van der Waals surface area (Å²) in [4.78, 5) is 26.7. The number of benzene rings is 1. The van der Waals surface area contributed by atoms with E-state index in [4.69, 9.17) is 18.6 Å². The number of anilines is 1. The predicted molar refractivity (Wildman–Crippen MR) is 144 cm³/mol. The molecule has 4 N–H and O–H groups in total. The van der Waals surface area contributed by atoms with Gasteiger partial charge < -0.3 is 39.3 Å². The molecule has 12 nitrogen and oxygen atoms in total. The topological polar surface area (TPSA) is 147 Å². The number of methoxy groups -OCH3 is 1. The largest absolute Gasteiger partial charge is 0.490 e. The third-order valence-electron chi connectivity index (χ3n) is 6.37. The number of hydrazone groups is 1. The van der Waals surface area contributed by atoms with E-state index in [0.29, 0.717) is 35.1 Å². The second kappa shape index (κ2) is 13.1. The van der Waals surface area contributed by atoms with Crippen molar-refractivity contribution in [3.63, 3.8) is 0 Å². The number of esters is 1. The molecule has 2 aliphatic heterocycles. The highest BCUT2D eigenvalue weighted by Crippen LogP contribution is 2.35. The second-order valence-corrected chi connectivity index (χ2v) is 9.14. The van der Waals surface area contributed by atoms with Gasteiger partial charge in [-0.1, -0.05) is 6.07 Å². The lowest BCUT2D eigenvalue weighted by molar-refractivity contribution is -0.136. The molecule has 1 aromatic heterocycles. The van der Waals surface area contributed by atoms with Crippen LogP contribution in [0.5, 0.6) is 11.5 Å². The highest BCUT2D eigenvalue weighted by atomic mass is 16.5. The molecule has 0 aliphatic carbocycles. The molecule has 3 heterocycles. The fraction of sp³-hybridized carbons (Fsp3) is 0.444. The number of carbonyl (C=O) groups excluding carboxylic acids is 2. The Morgan fingerprint density at radius 3 is 2.77 bits per heavy atom. The van der Waals surface area contributed by atoms with Crippen molar-refractivity contribution < 1.29 is 33.3 Å². The van der Waals surface area contributed by atoms with E-state index < -0.39 is 24.3 Å². The summed E-state index contributed by atoms with van der Waals surface area (Å²) in [5, 5.41) is 19.7. The van der Waals surface area contributed by atoms with Crippen LogP contribution in [0, 0.1) is 0 Å². The van der Waals surface area contributed by atoms with Gasteiger partial charge in [0.1, 0.15) is 12.4 Å². The van der Waals surface area contributed by atoms with Gasteiger partial charge in [0.25, 0.3) is 0 Å². The molecule has 0 spiro atoms. The van der Waals surface area contributed by atoms with Gasteiger partial charge in [-0.05, 0) is 56.9 Å². The van der Waals surface area contributed by atoms with Crippen LogP contribution in [0.4, 0.5) is 10.7 Å². The zero-order chi connectivity index (χ0) is 27.8. The predicted octanol–water partition coefficient (Wildman–Crippen LogP) is 2.79. The van der Waals surface area contributed by atoms with Crippen LogP contribution in [0.3, 0.4) is 0 Å². The first-order valence-corrected chi connectivity index (χ1v) is 13.0. The minimum absolute atomic E-state index is 0.121. The normalized spacial score (nSPS) is 18.4. The molecule has 39 heavy (non-hydrogen) atoms. The molecule has 1 saturated heterocycles. The monoisotopic (exact) mass is 541 g/mol. The Balaban J connectivity index is 1.37. The summed E-state index contributed by atoms with van der Waals surface area (Å²) in [6.07, 6.45) is 3.96. The molecule has 0 unspecified atom stereocenters. The average Bonchev–Trinajstić information content (AvgIpc) is 3.41. The molecule has 1 fully saturated rings. The van der Waals surface area contributed by atoms with Crippen LogP contribution in [-0.2, 0) is 9.53 Å². The summed E-state index contributed by atoms with van der Waals surface area (Å²) < 4.78 is 22.2. The van der Waals surface area contributed by atoms with Crippen molar-refractivity contribution >= 4 is 24.1 Å². The first kappa shape index (κ1) is 27.8. The Morgan fingerprint density at radius 2 is 2.03 bits per heavy atom. The number of carbonyl (C=O) groups is 2. The fourth-order valence-electron chi connectivity index (χ4n) is 4.50. The third-order valence-corrected chi connectivity index (χ3v) is 6.37. The number of rotatable bonds is 11. The Kier molecular flexibility index (Phi) is 9.31. The first-order valence-electron chi connectivity index (χ1n) is 13.0. The maximum absolute atomic E-state index is 12.4. The molecule has 1 aromatic carbocycles. The summed E-state index contributed by atoms with van der Waals surface area (Å²) in [6.45, 7) is 5.66. The molecule has 210 valence electrons. The number of allylic oxidation sites excluding steroid dienone is 1. The molecular weight excluding hydrogens is 506 g/mol. The number of aliphatic hydroxyl groups is 1. The lowest BCUT2D eigenvalue weighted by atomic mass is 9.95. The van der Waals surface area contributed by atoms with Gasteiger partial charge in [0.05, 0.1) is 31.5 Å². The zero-order valence-electron chi connectivity index (χ0n) is 22.4. The van der Waals surface area contributed by atoms with E-state index in [9.17, 15) is 14.7 Å². The summed E-state index contributed by atoms with van der Waals surface area (Å²) in [5.74, 6) is 1.60. The number of ether oxygens (including phenoxy) is 3. The van der Waals surface area contributed by atoms with Gasteiger partial charge in [0.2, 0.25) is 0 Å². The maximum atomic E-state index is 12.4. The van der Waals surface area contributed by atoms with Crippen molar-refractivity contribution in [3.05, 3.63) is 52.9 Å². The zero-order valence-corrected chi connectivity index (χ0v) is 22.4. The molecule has 0 bridgehead atoms. The van der Waals surface area contributed by atoms with E-state index in [1.165, 1.54) is 19.7 Å². The van der Waals surface area contributed by atoms with Gasteiger partial charge in [-0.2, -0.15) is 5.10 Å². The van der Waals surface area contributed by atoms with Crippen LogP contribution in [0.1, 0.15) is 50.5 Å². The smallest absolute Gasteiger partial charge is 0.337 e. The van der Waals surface area contributed by atoms with E-state index in [1.54, 1.807) is 25.1 Å². The molecular formula is C27H35N5O7. The summed E-state index contributed by atoms with van der Waals surface area (Å²) in [7, 11) is 1.28. The highest BCUT2D eigenvalue weighted by Gasteiger charge is 2.32. The van der Waals surface area contributed by atoms with Gasteiger partial charge in [0.15, 0.2) is 23.6 Å². The highest BCUT2D eigenvalue weighted by molar-refractivity contribution is 5.95. The quantitative estimate of drug-likeness (QED) is 0.146. The number of piperidine rings is 1. The Morgan fingerprint density at radius 1 is 1.23 bits per heavy atom. The Labute approximate surface area is 227 Å². The second-order valence-electron chi connectivity index (χ2n) is 9.14. The summed E-state index contributed by atoms with van der Waals surface area (Å²) >= 11 is 0.